The molecule has 0 aliphatic carbocycles. The van der Waals surface area contributed by atoms with Crippen molar-refractivity contribution in [2.45, 2.75) is 10.9 Å². The molecule has 0 saturated heterocycles. The zero-order valence-electron chi connectivity index (χ0n) is 12.8. The molecule has 3 aromatic rings. The van der Waals surface area contributed by atoms with E-state index in [1.807, 2.05) is 0 Å². The van der Waals surface area contributed by atoms with Gasteiger partial charge in [0.2, 0.25) is 0 Å². The molecule has 0 bridgehead atoms. The maximum Gasteiger partial charge on any atom is 0.300 e. The van der Waals surface area contributed by atoms with Crippen molar-refractivity contribution in [2.24, 2.45) is 0 Å². The van der Waals surface area contributed by atoms with Gasteiger partial charge in [-0.2, -0.15) is 10.1 Å². The van der Waals surface area contributed by atoms with Gasteiger partial charge in [0.1, 0.15) is 5.75 Å². The number of aromatic hydroxyl groups is 1. The van der Waals surface area contributed by atoms with Crippen LogP contribution in [0.3, 0.4) is 0 Å². The number of hydrogen-bond acceptors (Lipinski definition) is 6. The highest BCUT2D eigenvalue weighted by atomic mass is 35.5. The summed E-state index contributed by atoms with van der Waals surface area (Å²) in [5.41, 5.74) is -0.668. The number of aliphatic hydroxyl groups is 1. The van der Waals surface area contributed by atoms with Gasteiger partial charge >= 0.3 is 5.56 Å². The lowest BCUT2D eigenvalue weighted by atomic mass is 10.1. The van der Waals surface area contributed by atoms with Gasteiger partial charge in [-0.1, -0.05) is 35.5 Å². The van der Waals surface area contributed by atoms with E-state index in [0.29, 0.717) is 21.3 Å². The van der Waals surface area contributed by atoms with Gasteiger partial charge in [-0.05, 0) is 36.4 Å². The Morgan fingerprint density at radius 2 is 1.80 bits per heavy atom. The minimum atomic E-state index is -1.42. The number of nitrogens with zero attached hydrogens (tertiary/aromatic N) is 3. The van der Waals surface area contributed by atoms with Crippen LogP contribution in [-0.4, -0.2) is 30.7 Å². The lowest BCUT2D eigenvalue weighted by molar-refractivity contribution is 0.0125. The fourth-order valence-corrected chi connectivity index (χ4v) is 3.86. The van der Waals surface area contributed by atoms with Gasteiger partial charge in [-0.25, -0.2) is 4.68 Å². The van der Waals surface area contributed by atoms with E-state index in [1.54, 1.807) is 36.4 Å². The number of halogens is 1. The van der Waals surface area contributed by atoms with E-state index in [-0.39, 0.29) is 17.2 Å². The minimum Gasteiger partial charge on any atom is -0.508 e. The number of aromatic nitrogens is 3. The van der Waals surface area contributed by atoms with Gasteiger partial charge in [-0.15, -0.1) is 0 Å². The molecule has 0 unspecified atom stereocenters. The van der Waals surface area contributed by atoms with E-state index >= 15 is 0 Å². The summed E-state index contributed by atoms with van der Waals surface area (Å²) in [6.45, 7) is 0. The van der Waals surface area contributed by atoms with Gasteiger partial charge in [0.15, 0.2) is 16.6 Å². The molecule has 4 rings (SSSR count). The third kappa shape index (κ3) is 2.70. The van der Waals surface area contributed by atoms with E-state index in [1.165, 1.54) is 28.6 Å². The predicted octanol–water partition coefficient (Wildman–Crippen LogP) is 2.46. The molecule has 1 aromatic heterocycles. The molecule has 1 aliphatic rings. The number of hydrogen-bond donors (Lipinski definition) is 2. The van der Waals surface area contributed by atoms with Crippen molar-refractivity contribution in [2.75, 3.05) is 5.75 Å². The Morgan fingerprint density at radius 3 is 2.48 bits per heavy atom. The van der Waals surface area contributed by atoms with E-state index in [0.717, 1.165) is 0 Å². The van der Waals surface area contributed by atoms with Crippen molar-refractivity contribution < 1.29 is 10.2 Å². The molecule has 8 heteroatoms. The molecular formula is C17H12ClN3O3S. The Kier molecular flexibility index (Phi) is 3.79. The summed E-state index contributed by atoms with van der Waals surface area (Å²) in [6, 6.07) is 12.9. The van der Waals surface area contributed by atoms with Gasteiger partial charge in [0.25, 0.3) is 0 Å². The van der Waals surface area contributed by atoms with E-state index in [4.69, 9.17) is 11.6 Å². The van der Waals surface area contributed by atoms with Crippen LogP contribution in [-0.2, 0) is 5.72 Å². The molecule has 2 N–H and O–H groups in total. The number of thioether (sulfide) groups is 1. The van der Waals surface area contributed by atoms with Crippen molar-refractivity contribution in [3.05, 3.63) is 69.5 Å². The highest BCUT2D eigenvalue weighted by Gasteiger charge is 2.41. The molecular weight excluding hydrogens is 362 g/mol. The van der Waals surface area contributed by atoms with Crippen LogP contribution in [0.25, 0.3) is 11.3 Å². The van der Waals surface area contributed by atoms with Crippen molar-refractivity contribution in [1.82, 2.24) is 14.8 Å². The molecule has 126 valence electrons. The van der Waals surface area contributed by atoms with Crippen LogP contribution in [0.5, 0.6) is 5.75 Å². The lowest BCUT2D eigenvalue weighted by Crippen LogP contribution is -2.37. The zero-order valence-corrected chi connectivity index (χ0v) is 14.3. The van der Waals surface area contributed by atoms with Crippen LogP contribution in [0.15, 0.2) is 58.5 Å². The second-order valence-electron chi connectivity index (χ2n) is 5.62. The lowest BCUT2D eigenvalue weighted by Gasteiger charge is -2.24. The molecule has 6 nitrogen and oxygen atoms in total. The molecule has 1 atom stereocenters. The number of phenols is 1. The van der Waals surface area contributed by atoms with Crippen LogP contribution in [0.2, 0.25) is 5.02 Å². The molecule has 25 heavy (non-hydrogen) atoms. The quantitative estimate of drug-likeness (QED) is 0.717. The first-order chi connectivity index (χ1) is 12.0. The first-order valence-corrected chi connectivity index (χ1v) is 8.76. The van der Waals surface area contributed by atoms with Crippen LogP contribution in [0.4, 0.5) is 0 Å². The fourth-order valence-electron chi connectivity index (χ4n) is 2.66. The molecule has 2 heterocycles. The third-order valence-corrected chi connectivity index (χ3v) is 5.30. The predicted molar refractivity (Wildman–Crippen MR) is 94.9 cm³/mol. The molecule has 0 saturated carbocycles. The average Bonchev–Trinajstić information content (AvgIpc) is 2.93. The smallest absolute Gasteiger partial charge is 0.300 e. The first-order valence-electron chi connectivity index (χ1n) is 7.40. The van der Waals surface area contributed by atoms with Crippen LogP contribution in [0, 0.1) is 0 Å². The summed E-state index contributed by atoms with van der Waals surface area (Å²) in [5, 5.41) is 25.9. The number of rotatable bonds is 2. The topological polar surface area (TPSA) is 88.2 Å². The fraction of sp³-hybridized carbons (Fsp3) is 0.118. The number of phenolic OH excluding ortho intramolecular Hbond substituents is 1. The summed E-state index contributed by atoms with van der Waals surface area (Å²) in [5.74, 6) is 0.374. The maximum atomic E-state index is 12.3. The van der Waals surface area contributed by atoms with E-state index < -0.39 is 11.3 Å². The van der Waals surface area contributed by atoms with Gasteiger partial charge in [0.05, 0.1) is 5.75 Å². The standard InChI is InChI=1S/C17H12ClN3O3S/c18-12-5-3-11(4-6-12)17(24)9-25-16-19-15(23)14(20-21(16)17)10-1-7-13(22)8-2-10/h1-8,22,24H,9H2/t17-/m0/s1. The third-order valence-electron chi connectivity index (χ3n) is 3.98. The molecule has 0 spiro atoms. The Labute approximate surface area is 151 Å². The van der Waals surface area contributed by atoms with Crippen molar-refractivity contribution >= 4 is 23.4 Å². The normalized spacial score (nSPS) is 19.0. The van der Waals surface area contributed by atoms with Crippen LogP contribution >= 0.6 is 23.4 Å². The second-order valence-corrected chi connectivity index (χ2v) is 7.00. The second kappa shape index (κ2) is 5.87. The maximum absolute atomic E-state index is 12.3. The van der Waals surface area contributed by atoms with E-state index in [9.17, 15) is 15.0 Å². The Balaban J connectivity index is 1.87. The Bertz CT molecular complexity index is 1010. The summed E-state index contributed by atoms with van der Waals surface area (Å²) < 4.78 is 1.37. The number of benzene rings is 2. The summed E-state index contributed by atoms with van der Waals surface area (Å²) in [4.78, 5) is 16.3. The van der Waals surface area contributed by atoms with Gasteiger partial charge < -0.3 is 10.2 Å². The van der Waals surface area contributed by atoms with Gasteiger partial charge in [0, 0.05) is 16.1 Å². The SMILES string of the molecule is O=c1nc2n(nc1-c1ccc(O)cc1)[C@@](O)(c1ccc(Cl)cc1)CS2. The van der Waals surface area contributed by atoms with Crippen molar-refractivity contribution in [3.8, 4) is 17.0 Å². The van der Waals surface area contributed by atoms with Crippen molar-refractivity contribution in [1.29, 1.82) is 0 Å². The van der Waals surface area contributed by atoms with Gasteiger partial charge in [-0.3, -0.25) is 4.79 Å². The highest BCUT2D eigenvalue weighted by Crippen LogP contribution is 2.38. The molecule has 2 aromatic carbocycles. The molecule has 0 fully saturated rings. The largest absolute Gasteiger partial charge is 0.508 e. The average molecular weight is 374 g/mol. The monoisotopic (exact) mass is 373 g/mol. The summed E-state index contributed by atoms with van der Waals surface area (Å²) in [6.07, 6.45) is 0. The summed E-state index contributed by atoms with van der Waals surface area (Å²) >= 11 is 7.18. The van der Waals surface area contributed by atoms with Crippen molar-refractivity contribution in [3.63, 3.8) is 0 Å². The molecule has 1 aliphatic heterocycles. The Hall–Kier alpha value is -2.35. The van der Waals surface area contributed by atoms with Crippen LogP contribution < -0.4 is 5.56 Å². The minimum absolute atomic E-state index is 0.0891. The zero-order chi connectivity index (χ0) is 17.6. The van der Waals surface area contributed by atoms with Crippen LogP contribution in [0.1, 0.15) is 5.56 Å². The molecule has 0 amide bonds. The van der Waals surface area contributed by atoms with E-state index in [2.05, 4.69) is 10.1 Å². The molecule has 0 radical (unpaired) electrons. The highest BCUT2D eigenvalue weighted by molar-refractivity contribution is 7.99. The first kappa shape index (κ1) is 16.1. The number of fused-ring (bicyclic) bond motifs is 1. The summed E-state index contributed by atoms with van der Waals surface area (Å²) in [7, 11) is 0. The Morgan fingerprint density at radius 1 is 1.12 bits per heavy atom.